The van der Waals surface area contributed by atoms with Crippen LogP contribution in [0.1, 0.15) is 35.3 Å². The van der Waals surface area contributed by atoms with Gasteiger partial charge in [0.05, 0.1) is 30.2 Å². The Bertz CT molecular complexity index is 1290. The normalized spacial score (nSPS) is 18.0. The third-order valence-corrected chi connectivity index (χ3v) is 7.51. The summed E-state index contributed by atoms with van der Waals surface area (Å²) in [6.07, 6.45) is 3.22. The van der Waals surface area contributed by atoms with Crippen LogP contribution in [0.5, 0.6) is 0 Å². The van der Waals surface area contributed by atoms with Crippen LogP contribution in [-0.2, 0) is 11.3 Å². The molecule has 2 fully saturated rings. The first-order chi connectivity index (χ1) is 17.5. The molecule has 0 aliphatic carbocycles. The van der Waals surface area contributed by atoms with Gasteiger partial charge in [-0.05, 0) is 69.1 Å². The molecule has 0 bridgehead atoms. The van der Waals surface area contributed by atoms with Gasteiger partial charge in [-0.1, -0.05) is 24.3 Å². The van der Waals surface area contributed by atoms with Crippen molar-refractivity contribution in [1.82, 2.24) is 14.4 Å². The Morgan fingerprint density at radius 2 is 1.69 bits per heavy atom. The largest absolute Gasteiger partial charge is 0.478 e. The molecule has 2 aliphatic rings. The number of fused-ring (bicyclic) bond motifs is 1. The molecule has 0 unspecified atom stereocenters. The second-order valence-electron chi connectivity index (χ2n) is 9.76. The molecular formula is C28H32FN3O4. The number of likely N-dealkylation sites (tertiary alicyclic amines) is 1. The van der Waals surface area contributed by atoms with E-state index in [0.717, 1.165) is 65.2 Å². The predicted octanol–water partition coefficient (Wildman–Crippen LogP) is 3.76. The lowest BCUT2D eigenvalue weighted by atomic mass is 9.93. The number of halogens is 1. The molecule has 0 amide bonds. The van der Waals surface area contributed by atoms with Crippen molar-refractivity contribution in [3.05, 3.63) is 76.0 Å². The third kappa shape index (κ3) is 5.21. The average Bonchev–Trinajstić information content (AvgIpc) is 2.89. The van der Waals surface area contributed by atoms with E-state index in [2.05, 4.69) is 9.80 Å². The lowest BCUT2D eigenvalue weighted by Crippen LogP contribution is -2.39. The molecule has 0 spiro atoms. The molecule has 2 saturated heterocycles. The highest BCUT2D eigenvalue weighted by Crippen LogP contribution is 2.27. The standard InChI is InChI=1S/C28H32FN3O4/c29-21-4-3-5-22(18-21)32-25(26(28(34)35)23-6-1-2-7-24(23)27(32)33)19-31-12-9-20(10-13-31)8-11-30-14-16-36-17-15-30/h1-7,18,20H,8-17,19H2,(H,34,35). The number of carbonyl (C=O) groups is 1. The Hall–Kier alpha value is -3.07. The number of ether oxygens (including phenoxy) is 1. The van der Waals surface area contributed by atoms with Gasteiger partial charge in [0, 0.05) is 30.4 Å². The first-order valence-corrected chi connectivity index (χ1v) is 12.7. The predicted molar refractivity (Wildman–Crippen MR) is 136 cm³/mol. The Morgan fingerprint density at radius 1 is 0.972 bits per heavy atom. The number of pyridine rings is 1. The van der Waals surface area contributed by atoms with Crippen LogP contribution < -0.4 is 5.56 Å². The van der Waals surface area contributed by atoms with Crippen LogP contribution in [0.15, 0.2) is 53.3 Å². The molecule has 0 atom stereocenters. The summed E-state index contributed by atoms with van der Waals surface area (Å²) in [4.78, 5) is 30.8. The first kappa shape index (κ1) is 24.6. The van der Waals surface area contributed by atoms with Crippen molar-refractivity contribution in [1.29, 1.82) is 0 Å². The zero-order chi connectivity index (χ0) is 25.1. The summed E-state index contributed by atoms with van der Waals surface area (Å²) in [5.41, 5.74) is 0.493. The molecular weight excluding hydrogens is 461 g/mol. The maximum absolute atomic E-state index is 14.1. The Morgan fingerprint density at radius 3 is 2.39 bits per heavy atom. The third-order valence-electron chi connectivity index (χ3n) is 7.51. The molecule has 1 aromatic heterocycles. The van der Waals surface area contributed by atoms with Crippen LogP contribution in [0.2, 0.25) is 0 Å². The van der Waals surface area contributed by atoms with E-state index in [9.17, 15) is 19.1 Å². The molecule has 0 radical (unpaired) electrons. The van der Waals surface area contributed by atoms with E-state index in [1.807, 2.05) is 0 Å². The monoisotopic (exact) mass is 493 g/mol. The van der Waals surface area contributed by atoms with Crippen LogP contribution in [0, 0.1) is 11.7 Å². The Balaban J connectivity index is 1.42. The van der Waals surface area contributed by atoms with E-state index in [-0.39, 0.29) is 11.1 Å². The highest BCUT2D eigenvalue weighted by Gasteiger charge is 2.26. The van der Waals surface area contributed by atoms with Gasteiger partial charge in [0.25, 0.3) is 5.56 Å². The summed E-state index contributed by atoms with van der Waals surface area (Å²) in [5, 5.41) is 10.9. The summed E-state index contributed by atoms with van der Waals surface area (Å²) in [6, 6.07) is 12.5. The smallest absolute Gasteiger partial charge is 0.338 e. The summed E-state index contributed by atoms with van der Waals surface area (Å²) in [6.45, 7) is 6.67. The molecule has 8 heteroatoms. The highest BCUT2D eigenvalue weighted by molar-refractivity contribution is 6.04. The molecule has 190 valence electrons. The van der Waals surface area contributed by atoms with Crippen molar-refractivity contribution in [3.8, 4) is 5.69 Å². The molecule has 1 N–H and O–H groups in total. The van der Waals surface area contributed by atoms with Gasteiger partial charge < -0.3 is 9.84 Å². The van der Waals surface area contributed by atoms with Crippen molar-refractivity contribution in [2.45, 2.75) is 25.8 Å². The molecule has 5 rings (SSSR count). The fourth-order valence-electron chi connectivity index (χ4n) is 5.51. The minimum Gasteiger partial charge on any atom is -0.478 e. The molecule has 36 heavy (non-hydrogen) atoms. The number of aromatic carboxylic acids is 1. The number of aromatic nitrogens is 1. The number of nitrogens with zero attached hydrogens (tertiary/aromatic N) is 3. The van der Waals surface area contributed by atoms with E-state index in [4.69, 9.17) is 4.74 Å². The topological polar surface area (TPSA) is 75.0 Å². The molecule has 0 saturated carbocycles. The zero-order valence-electron chi connectivity index (χ0n) is 20.4. The van der Waals surface area contributed by atoms with E-state index in [0.29, 0.717) is 34.6 Å². The number of rotatable bonds is 7. The number of carboxylic acid groups (broad SMARTS) is 1. The maximum atomic E-state index is 14.1. The summed E-state index contributed by atoms with van der Waals surface area (Å²) >= 11 is 0. The van der Waals surface area contributed by atoms with Crippen molar-refractivity contribution in [3.63, 3.8) is 0 Å². The van der Waals surface area contributed by atoms with Crippen molar-refractivity contribution < 1.29 is 19.0 Å². The van der Waals surface area contributed by atoms with Crippen LogP contribution in [0.25, 0.3) is 16.5 Å². The summed E-state index contributed by atoms with van der Waals surface area (Å²) in [7, 11) is 0. The number of hydrogen-bond acceptors (Lipinski definition) is 5. The SMILES string of the molecule is O=C(O)c1c(CN2CCC(CCN3CCOCC3)CC2)n(-c2cccc(F)c2)c(=O)c2ccccc12. The highest BCUT2D eigenvalue weighted by atomic mass is 19.1. The van der Waals surface area contributed by atoms with E-state index < -0.39 is 11.8 Å². The van der Waals surface area contributed by atoms with Crippen molar-refractivity contribution in [2.24, 2.45) is 5.92 Å². The molecule has 7 nitrogen and oxygen atoms in total. The quantitative estimate of drug-likeness (QED) is 0.540. The lowest BCUT2D eigenvalue weighted by Gasteiger charge is -2.34. The van der Waals surface area contributed by atoms with Gasteiger partial charge in [0.1, 0.15) is 5.82 Å². The Kier molecular flexibility index (Phi) is 7.46. The van der Waals surface area contributed by atoms with Gasteiger partial charge in [0.15, 0.2) is 0 Å². The van der Waals surface area contributed by atoms with Gasteiger partial charge in [-0.25, -0.2) is 9.18 Å². The fourth-order valence-corrected chi connectivity index (χ4v) is 5.51. The lowest BCUT2D eigenvalue weighted by molar-refractivity contribution is 0.0334. The van der Waals surface area contributed by atoms with E-state index >= 15 is 0 Å². The van der Waals surface area contributed by atoms with Gasteiger partial charge >= 0.3 is 5.97 Å². The maximum Gasteiger partial charge on any atom is 0.338 e. The minimum atomic E-state index is -1.09. The van der Waals surface area contributed by atoms with Gasteiger partial charge in [-0.3, -0.25) is 19.2 Å². The van der Waals surface area contributed by atoms with Crippen LogP contribution in [-0.4, -0.2) is 71.4 Å². The zero-order valence-corrected chi connectivity index (χ0v) is 20.4. The van der Waals surface area contributed by atoms with Crippen LogP contribution >= 0.6 is 0 Å². The van der Waals surface area contributed by atoms with Crippen LogP contribution in [0.3, 0.4) is 0 Å². The Labute approximate surface area is 209 Å². The van der Waals surface area contributed by atoms with Gasteiger partial charge in [-0.15, -0.1) is 0 Å². The molecule has 2 aliphatic heterocycles. The first-order valence-electron chi connectivity index (χ1n) is 12.7. The fraction of sp³-hybridized carbons (Fsp3) is 0.429. The second-order valence-corrected chi connectivity index (χ2v) is 9.76. The van der Waals surface area contributed by atoms with Crippen LogP contribution in [0.4, 0.5) is 4.39 Å². The number of piperidine rings is 1. The van der Waals surface area contributed by atoms with Gasteiger partial charge in [-0.2, -0.15) is 0 Å². The summed E-state index contributed by atoms with van der Waals surface area (Å²) < 4.78 is 21.0. The molecule has 3 aromatic rings. The molecule has 3 heterocycles. The summed E-state index contributed by atoms with van der Waals surface area (Å²) in [5.74, 6) is -0.937. The number of hydrogen-bond donors (Lipinski definition) is 1. The van der Waals surface area contributed by atoms with Crippen molar-refractivity contribution in [2.75, 3.05) is 45.9 Å². The number of carboxylic acids is 1. The molecule has 2 aromatic carbocycles. The van der Waals surface area contributed by atoms with E-state index in [1.54, 1.807) is 30.3 Å². The average molecular weight is 494 g/mol. The minimum absolute atomic E-state index is 0.101. The number of morpholine rings is 1. The number of benzene rings is 2. The van der Waals surface area contributed by atoms with Crippen molar-refractivity contribution >= 4 is 16.7 Å². The van der Waals surface area contributed by atoms with E-state index in [1.165, 1.54) is 22.8 Å². The van der Waals surface area contributed by atoms with Gasteiger partial charge in [0.2, 0.25) is 0 Å². The second kappa shape index (κ2) is 10.9.